The second-order valence-corrected chi connectivity index (χ2v) is 4.11. The molecule has 20 heavy (non-hydrogen) atoms. The fourth-order valence-electron chi connectivity index (χ4n) is 1.22. The van der Waals surface area contributed by atoms with E-state index in [9.17, 15) is 24.7 Å². The molecule has 0 saturated heterocycles. The first-order valence-electron chi connectivity index (χ1n) is 5.50. The Morgan fingerprint density at radius 3 is 2.35 bits per heavy atom. The lowest BCUT2D eigenvalue weighted by Crippen LogP contribution is -2.55. The van der Waals surface area contributed by atoms with Crippen LogP contribution in [0.2, 0.25) is 0 Å². The Labute approximate surface area is 118 Å². The minimum absolute atomic E-state index is 0.0840. The number of halogens is 1. The average Bonchev–Trinajstić information content (AvgIpc) is 2.47. The summed E-state index contributed by atoms with van der Waals surface area (Å²) in [6.45, 7) is -1.08. The summed E-state index contributed by atoms with van der Waals surface area (Å²) in [5, 5.41) is 41.4. The molecular weight excluding hydrogens is 298 g/mol. The Bertz CT molecular complexity index is 333. The van der Waals surface area contributed by atoms with Crippen molar-refractivity contribution in [1.82, 2.24) is 10.3 Å². The minimum Gasteiger partial charge on any atom is -0.394 e. The summed E-state index contributed by atoms with van der Waals surface area (Å²) in [5.41, 5.74) is 0. The van der Waals surface area contributed by atoms with Gasteiger partial charge in [-0.25, -0.2) is 4.79 Å². The van der Waals surface area contributed by atoms with Crippen molar-refractivity contribution in [2.24, 2.45) is 5.29 Å². The van der Waals surface area contributed by atoms with Crippen molar-refractivity contribution >= 4 is 23.9 Å². The molecule has 116 valence electrons. The highest BCUT2D eigenvalue weighted by atomic mass is 35.5. The number of aliphatic hydroxyl groups excluding tert-OH is 4. The van der Waals surface area contributed by atoms with Gasteiger partial charge in [0.25, 0.3) is 0 Å². The van der Waals surface area contributed by atoms with E-state index in [0.717, 1.165) is 0 Å². The summed E-state index contributed by atoms with van der Waals surface area (Å²) in [5.74, 6) is -0.0840. The van der Waals surface area contributed by atoms with Gasteiger partial charge in [0.15, 0.2) is 0 Å². The number of alkyl halides is 1. The molecule has 0 aromatic rings. The third kappa shape index (κ3) is 5.35. The van der Waals surface area contributed by atoms with Gasteiger partial charge in [-0.05, 0) is 0 Å². The second kappa shape index (κ2) is 9.55. The molecule has 0 bridgehead atoms. The highest BCUT2D eigenvalue weighted by Gasteiger charge is 2.32. The fourth-order valence-corrected chi connectivity index (χ4v) is 1.38. The Hall–Kier alpha value is -1.33. The van der Waals surface area contributed by atoms with Gasteiger partial charge >= 0.3 is 6.03 Å². The predicted molar refractivity (Wildman–Crippen MR) is 66.7 cm³/mol. The molecule has 0 aromatic heterocycles. The van der Waals surface area contributed by atoms with Crippen molar-refractivity contribution in [1.29, 1.82) is 0 Å². The summed E-state index contributed by atoms with van der Waals surface area (Å²) in [7, 11) is 0. The molecular formula is C9H16ClN3O7. The molecule has 0 radical (unpaired) electrons. The molecule has 0 saturated carbocycles. The number of rotatable bonds is 9. The fraction of sp³-hybridized carbons (Fsp3) is 0.778. The highest BCUT2D eigenvalue weighted by Crippen LogP contribution is 2.05. The molecule has 0 rings (SSSR count). The van der Waals surface area contributed by atoms with Crippen LogP contribution >= 0.6 is 11.6 Å². The summed E-state index contributed by atoms with van der Waals surface area (Å²) >= 11 is 5.32. The zero-order valence-corrected chi connectivity index (χ0v) is 11.0. The number of aldehydes is 1. The third-order valence-corrected chi connectivity index (χ3v) is 2.53. The van der Waals surface area contributed by atoms with Gasteiger partial charge in [-0.2, -0.15) is 5.01 Å². The Balaban J connectivity index is 4.72. The van der Waals surface area contributed by atoms with E-state index in [2.05, 4.69) is 5.29 Å². The lowest BCUT2D eigenvalue weighted by Gasteiger charge is -2.26. The summed E-state index contributed by atoms with van der Waals surface area (Å²) in [6.07, 6.45) is -5.36. The molecule has 5 N–H and O–H groups in total. The van der Waals surface area contributed by atoms with Gasteiger partial charge in [0.05, 0.1) is 18.4 Å². The monoisotopic (exact) mass is 313 g/mol. The highest BCUT2D eigenvalue weighted by molar-refractivity contribution is 6.18. The normalized spacial score (nSPS) is 16.6. The second-order valence-electron chi connectivity index (χ2n) is 3.74. The van der Waals surface area contributed by atoms with Gasteiger partial charge < -0.3 is 30.5 Å². The maximum atomic E-state index is 11.5. The van der Waals surface area contributed by atoms with Gasteiger partial charge in [-0.15, -0.1) is 16.5 Å². The van der Waals surface area contributed by atoms with Crippen molar-refractivity contribution in [3.63, 3.8) is 0 Å². The summed E-state index contributed by atoms with van der Waals surface area (Å²) in [4.78, 5) is 32.6. The molecule has 4 unspecified atom stereocenters. The van der Waals surface area contributed by atoms with E-state index in [4.69, 9.17) is 21.8 Å². The van der Waals surface area contributed by atoms with Crippen LogP contribution in [0.15, 0.2) is 5.29 Å². The number of urea groups is 1. The number of nitroso groups, excluding NO2 is 1. The Kier molecular flexibility index (Phi) is 8.92. The van der Waals surface area contributed by atoms with Gasteiger partial charge in [-0.1, -0.05) is 0 Å². The average molecular weight is 314 g/mol. The number of carbonyl (C=O) groups is 2. The predicted octanol–water partition coefficient (Wildman–Crippen LogP) is -2.44. The lowest BCUT2D eigenvalue weighted by molar-refractivity contribution is -0.119. The van der Waals surface area contributed by atoms with Crippen molar-refractivity contribution in [2.45, 2.75) is 24.4 Å². The molecule has 4 atom stereocenters. The van der Waals surface area contributed by atoms with Crippen molar-refractivity contribution < 1.29 is 30.0 Å². The van der Waals surface area contributed by atoms with E-state index in [-0.39, 0.29) is 18.7 Å². The lowest BCUT2D eigenvalue weighted by atomic mass is 10.0. The van der Waals surface area contributed by atoms with E-state index in [1.165, 1.54) is 0 Å². The third-order valence-electron chi connectivity index (χ3n) is 2.37. The smallest absolute Gasteiger partial charge is 0.341 e. The van der Waals surface area contributed by atoms with Crippen molar-refractivity contribution in [3.05, 3.63) is 4.91 Å². The molecule has 0 aliphatic carbocycles. The van der Waals surface area contributed by atoms with Crippen LogP contribution in [0.1, 0.15) is 0 Å². The van der Waals surface area contributed by atoms with Crippen LogP contribution in [0, 0.1) is 4.91 Å². The molecule has 0 fully saturated rings. The van der Waals surface area contributed by atoms with E-state index in [1.54, 1.807) is 0 Å². The molecule has 0 aliphatic heterocycles. The summed E-state index contributed by atoms with van der Waals surface area (Å²) < 4.78 is 0. The minimum atomic E-state index is -1.89. The van der Waals surface area contributed by atoms with E-state index in [1.807, 2.05) is 5.32 Å². The number of nitrogens with zero attached hydrogens (tertiary/aromatic N) is 2. The topological polar surface area (TPSA) is 160 Å². The SMILES string of the molecule is O=CC(NC(=O)N(CCCl)N=O)C(O)C(O)C(O)CO. The maximum Gasteiger partial charge on any atom is 0.341 e. The van der Waals surface area contributed by atoms with Crippen LogP contribution < -0.4 is 5.32 Å². The number of amides is 2. The number of carbonyl (C=O) groups excluding carboxylic acids is 2. The van der Waals surface area contributed by atoms with Gasteiger partial charge in [0.1, 0.15) is 30.6 Å². The van der Waals surface area contributed by atoms with Crippen LogP contribution in [0.25, 0.3) is 0 Å². The standard InChI is InChI=1S/C9H16ClN3O7/c10-1-2-13(12-20)9(19)11-5(3-14)7(17)8(18)6(16)4-15/h3,5-8,15-18H,1-2,4H2,(H,11,19). The number of hydrogen-bond donors (Lipinski definition) is 5. The molecule has 0 aliphatic rings. The quantitative estimate of drug-likeness (QED) is 0.137. The molecule has 11 heteroatoms. The van der Waals surface area contributed by atoms with Crippen LogP contribution in [-0.2, 0) is 4.79 Å². The number of aliphatic hydroxyl groups is 4. The molecule has 0 heterocycles. The van der Waals surface area contributed by atoms with Gasteiger partial charge in [0.2, 0.25) is 0 Å². The zero-order chi connectivity index (χ0) is 15.7. The molecule has 0 aromatic carbocycles. The molecule has 0 spiro atoms. The maximum absolute atomic E-state index is 11.5. The zero-order valence-electron chi connectivity index (χ0n) is 10.3. The van der Waals surface area contributed by atoms with E-state index in [0.29, 0.717) is 5.01 Å². The van der Waals surface area contributed by atoms with Gasteiger partial charge in [0, 0.05) is 5.88 Å². The van der Waals surface area contributed by atoms with Crippen LogP contribution in [0.3, 0.4) is 0 Å². The summed E-state index contributed by atoms with van der Waals surface area (Å²) in [6, 6.07) is -2.72. The van der Waals surface area contributed by atoms with Crippen LogP contribution in [0.5, 0.6) is 0 Å². The van der Waals surface area contributed by atoms with E-state index >= 15 is 0 Å². The van der Waals surface area contributed by atoms with E-state index < -0.39 is 37.0 Å². The Morgan fingerprint density at radius 1 is 1.35 bits per heavy atom. The van der Waals surface area contributed by atoms with Crippen LogP contribution in [-0.4, -0.2) is 81.1 Å². The first-order valence-corrected chi connectivity index (χ1v) is 6.04. The van der Waals surface area contributed by atoms with Crippen molar-refractivity contribution in [3.8, 4) is 0 Å². The van der Waals surface area contributed by atoms with Crippen LogP contribution in [0.4, 0.5) is 4.79 Å². The van der Waals surface area contributed by atoms with Gasteiger partial charge in [-0.3, -0.25) is 0 Å². The first kappa shape index (κ1) is 18.7. The largest absolute Gasteiger partial charge is 0.394 e. The van der Waals surface area contributed by atoms with Crippen molar-refractivity contribution in [2.75, 3.05) is 19.0 Å². The first-order chi connectivity index (χ1) is 9.42. The number of hydrogen-bond acceptors (Lipinski definition) is 8. The number of nitrogens with one attached hydrogen (secondary N) is 1. The molecule has 2 amide bonds. The molecule has 10 nitrogen and oxygen atoms in total. The Morgan fingerprint density at radius 2 is 1.95 bits per heavy atom.